The number of para-hydroxylation sites is 1. The predicted molar refractivity (Wildman–Crippen MR) is 72.6 cm³/mol. The summed E-state index contributed by atoms with van der Waals surface area (Å²) >= 11 is 0. The van der Waals surface area contributed by atoms with Crippen LogP contribution in [0.3, 0.4) is 0 Å². The Kier molecular flexibility index (Phi) is 3.63. The standard InChI is InChI=1S/C15H14N2O/c1-11(16-13-7-4-3-5-8-13)14-9-6-10-15(17-14)12(2)18/h3-10H,1-2H3/b16-11+. The molecular weight excluding hydrogens is 224 g/mol. The lowest BCUT2D eigenvalue weighted by Crippen LogP contribution is -2.03. The first-order valence-corrected chi connectivity index (χ1v) is 5.75. The summed E-state index contributed by atoms with van der Waals surface area (Å²) in [6.07, 6.45) is 0. The normalized spacial score (nSPS) is 11.3. The van der Waals surface area contributed by atoms with Crippen LogP contribution in [0.5, 0.6) is 0 Å². The zero-order valence-corrected chi connectivity index (χ0v) is 10.4. The van der Waals surface area contributed by atoms with Crippen molar-refractivity contribution in [2.24, 2.45) is 4.99 Å². The fraction of sp³-hybridized carbons (Fsp3) is 0.133. The van der Waals surface area contributed by atoms with E-state index in [4.69, 9.17) is 0 Å². The van der Waals surface area contributed by atoms with Crippen LogP contribution in [0.15, 0.2) is 53.5 Å². The van der Waals surface area contributed by atoms with Crippen LogP contribution in [0.1, 0.15) is 30.0 Å². The molecule has 0 aliphatic rings. The molecular formula is C15H14N2O. The Morgan fingerprint density at radius 2 is 1.61 bits per heavy atom. The van der Waals surface area contributed by atoms with Gasteiger partial charge in [-0.2, -0.15) is 0 Å². The highest BCUT2D eigenvalue weighted by Crippen LogP contribution is 2.12. The van der Waals surface area contributed by atoms with Gasteiger partial charge >= 0.3 is 0 Å². The van der Waals surface area contributed by atoms with Crippen LogP contribution in [0.2, 0.25) is 0 Å². The van der Waals surface area contributed by atoms with Gasteiger partial charge in [-0.3, -0.25) is 9.79 Å². The van der Waals surface area contributed by atoms with Crippen LogP contribution >= 0.6 is 0 Å². The Bertz CT molecular complexity index is 588. The van der Waals surface area contributed by atoms with Gasteiger partial charge < -0.3 is 0 Å². The Balaban J connectivity index is 2.34. The zero-order chi connectivity index (χ0) is 13.0. The number of aromatic nitrogens is 1. The predicted octanol–water partition coefficient (Wildman–Crippen LogP) is 3.42. The van der Waals surface area contributed by atoms with Crippen LogP contribution < -0.4 is 0 Å². The monoisotopic (exact) mass is 238 g/mol. The van der Waals surface area contributed by atoms with Gasteiger partial charge in [-0.1, -0.05) is 24.3 Å². The van der Waals surface area contributed by atoms with Crippen molar-refractivity contribution in [2.75, 3.05) is 0 Å². The molecule has 90 valence electrons. The molecule has 2 rings (SSSR count). The van der Waals surface area contributed by atoms with E-state index in [2.05, 4.69) is 9.98 Å². The first kappa shape index (κ1) is 12.2. The number of carbonyl (C=O) groups excluding carboxylic acids is 1. The third kappa shape index (κ3) is 2.88. The molecule has 0 atom stereocenters. The van der Waals surface area contributed by atoms with Gasteiger partial charge in [0, 0.05) is 6.92 Å². The van der Waals surface area contributed by atoms with Crippen molar-refractivity contribution in [1.29, 1.82) is 0 Å². The summed E-state index contributed by atoms with van der Waals surface area (Å²) in [4.78, 5) is 20.0. The molecule has 18 heavy (non-hydrogen) atoms. The molecule has 1 aromatic carbocycles. The number of Topliss-reactive ketones (excluding diaryl/α,β-unsaturated/α-hetero) is 1. The molecule has 0 amide bonds. The average molecular weight is 238 g/mol. The van der Waals surface area contributed by atoms with Crippen molar-refractivity contribution in [2.45, 2.75) is 13.8 Å². The molecule has 0 saturated carbocycles. The van der Waals surface area contributed by atoms with E-state index in [1.54, 1.807) is 6.07 Å². The molecule has 1 heterocycles. The molecule has 0 fully saturated rings. The van der Waals surface area contributed by atoms with Crippen LogP contribution in [-0.4, -0.2) is 16.5 Å². The molecule has 0 saturated heterocycles. The van der Waals surface area contributed by atoms with E-state index >= 15 is 0 Å². The summed E-state index contributed by atoms with van der Waals surface area (Å²) in [7, 11) is 0. The molecule has 0 spiro atoms. The van der Waals surface area contributed by atoms with E-state index in [0.29, 0.717) is 5.69 Å². The molecule has 2 aromatic rings. The van der Waals surface area contributed by atoms with Gasteiger partial charge in [0.2, 0.25) is 0 Å². The molecule has 0 radical (unpaired) electrons. The second kappa shape index (κ2) is 5.36. The van der Waals surface area contributed by atoms with Gasteiger partial charge in [0.1, 0.15) is 5.69 Å². The third-order valence-electron chi connectivity index (χ3n) is 2.53. The highest BCUT2D eigenvalue weighted by atomic mass is 16.1. The molecule has 1 aromatic heterocycles. The van der Waals surface area contributed by atoms with Crippen molar-refractivity contribution < 1.29 is 4.79 Å². The van der Waals surface area contributed by atoms with Crippen LogP contribution in [0.25, 0.3) is 0 Å². The number of ketones is 1. The van der Waals surface area contributed by atoms with Gasteiger partial charge in [0.15, 0.2) is 5.78 Å². The number of hydrogen-bond acceptors (Lipinski definition) is 3. The average Bonchev–Trinajstić information content (AvgIpc) is 2.40. The summed E-state index contributed by atoms with van der Waals surface area (Å²) in [6.45, 7) is 3.40. The molecule has 0 aliphatic heterocycles. The molecule has 0 unspecified atom stereocenters. The van der Waals surface area contributed by atoms with Crippen LogP contribution in [0.4, 0.5) is 5.69 Å². The number of hydrogen-bond donors (Lipinski definition) is 0. The smallest absolute Gasteiger partial charge is 0.178 e. The van der Waals surface area contributed by atoms with E-state index in [-0.39, 0.29) is 5.78 Å². The lowest BCUT2D eigenvalue weighted by atomic mass is 10.2. The van der Waals surface area contributed by atoms with Crippen molar-refractivity contribution >= 4 is 17.2 Å². The minimum Gasteiger partial charge on any atom is -0.293 e. The van der Waals surface area contributed by atoms with E-state index in [0.717, 1.165) is 17.1 Å². The second-order valence-corrected chi connectivity index (χ2v) is 4.00. The molecule has 3 nitrogen and oxygen atoms in total. The Morgan fingerprint density at radius 3 is 2.28 bits per heavy atom. The Morgan fingerprint density at radius 1 is 0.944 bits per heavy atom. The summed E-state index contributed by atoms with van der Waals surface area (Å²) in [5, 5.41) is 0. The van der Waals surface area contributed by atoms with E-state index < -0.39 is 0 Å². The molecule has 0 bridgehead atoms. The largest absolute Gasteiger partial charge is 0.293 e. The fourth-order valence-electron chi connectivity index (χ4n) is 1.59. The summed E-state index contributed by atoms with van der Waals surface area (Å²) in [5.41, 5.74) is 2.87. The van der Waals surface area contributed by atoms with Crippen molar-refractivity contribution in [3.63, 3.8) is 0 Å². The van der Waals surface area contributed by atoms with Crippen molar-refractivity contribution in [3.05, 3.63) is 59.9 Å². The maximum Gasteiger partial charge on any atom is 0.178 e. The maximum absolute atomic E-state index is 11.3. The van der Waals surface area contributed by atoms with Gasteiger partial charge in [0.05, 0.1) is 17.1 Å². The van der Waals surface area contributed by atoms with Crippen LogP contribution in [-0.2, 0) is 0 Å². The lowest BCUT2D eigenvalue weighted by Gasteiger charge is -2.02. The van der Waals surface area contributed by atoms with Gasteiger partial charge in [0.25, 0.3) is 0 Å². The number of pyridine rings is 1. The first-order valence-electron chi connectivity index (χ1n) is 5.75. The number of rotatable bonds is 3. The number of aliphatic imine (C=N–C) groups is 1. The van der Waals surface area contributed by atoms with E-state index in [1.165, 1.54) is 6.92 Å². The molecule has 3 heteroatoms. The van der Waals surface area contributed by atoms with E-state index in [1.807, 2.05) is 49.4 Å². The van der Waals surface area contributed by atoms with Crippen LogP contribution in [0, 0.1) is 0 Å². The van der Waals surface area contributed by atoms with Gasteiger partial charge in [-0.15, -0.1) is 0 Å². The minimum absolute atomic E-state index is 0.0376. The number of carbonyl (C=O) groups is 1. The molecule has 0 N–H and O–H groups in total. The third-order valence-corrected chi connectivity index (χ3v) is 2.53. The van der Waals surface area contributed by atoms with E-state index in [9.17, 15) is 4.79 Å². The summed E-state index contributed by atoms with van der Waals surface area (Å²) in [6, 6.07) is 15.1. The lowest BCUT2D eigenvalue weighted by molar-refractivity contribution is 0.101. The molecule has 0 aliphatic carbocycles. The first-order chi connectivity index (χ1) is 8.66. The van der Waals surface area contributed by atoms with Crippen molar-refractivity contribution in [3.8, 4) is 0 Å². The fourth-order valence-corrected chi connectivity index (χ4v) is 1.59. The number of nitrogens with zero attached hydrogens (tertiary/aromatic N) is 2. The summed E-state index contributed by atoms with van der Waals surface area (Å²) in [5.74, 6) is -0.0376. The second-order valence-electron chi connectivity index (χ2n) is 4.00. The topological polar surface area (TPSA) is 42.3 Å². The Labute approximate surface area is 106 Å². The summed E-state index contributed by atoms with van der Waals surface area (Å²) < 4.78 is 0. The number of benzene rings is 1. The van der Waals surface area contributed by atoms with Gasteiger partial charge in [-0.25, -0.2) is 4.98 Å². The maximum atomic E-state index is 11.3. The zero-order valence-electron chi connectivity index (χ0n) is 10.4. The minimum atomic E-state index is -0.0376. The SMILES string of the molecule is CC(=O)c1cccc(/C(C)=N/c2ccccc2)n1. The highest BCUT2D eigenvalue weighted by Gasteiger charge is 2.04. The Hall–Kier alpha value is -2.29. The quantitative estimate of drug-likeness (QED) is 0.607. The highest BCUT2D eigenvalue weighted by molar-refractivity contribution is 6.00. The van der Waals surface area contributed by atoms with Gasteiger partial charge in [-0.05, 0) is 31.2 Å². The van der Waals surface area contributed by atoms with Crippen molar-refractivity contribution in [1.82, 2.24) is 4.98 Å².